The molecule has 0 N–H and O–H groups in total. The number of thiophene rings is 1. The Kier molecular flexibility index (Phi) is 5.82. The Labute approximate surface area is 121 Å². The number of hydrogen-bond donors (Lipinski definition) is 0. The summed E-state index contributed by atoms with van der Waals surface area (Å²) in [6.07, 6.45) is 1.00. The largest absolute Gasteiger partial charge is 0.469 e. The molecule has 0 aliphatic heterocycles. The Morgan fingerprint density at radius 2 is 2.17 bits per heavy atom. The van der Waals surface area contributed by atoms with Crippen LogP contribution in [0.5, 0.6) is 0 Å². The fourth-order valence-electron chi connectivity index (χ4n) is 1.88. The second kappa shape index (κ2) is 6.68. The normalized spacial score (nSPS) is 11.9. The number of carbonyl (C=O) groups is 1. The molecular formula is C13H20BrNO2S. The van der Waals surface area contributed by atoms with Gasteiger partial charge in [-0.25, -0.2) is 0 Å². The maximum atomic E-state index is 11.6. The number of likely N-dealkylation sites (N-methyl/N-ethyl adjacent to an activating group) is 1. The summed E-state index contributed by atoms with van der Waals surface area (Å²) in [4.78, 5) is 15.1. The van der Waals surface area contributed by atoms with E-state index in [-0.39, 0.29) is 5.97 Å². The zero-order valence-electron chi connectivity index (χ0n) is 11.3. The van der Waals surface area contributed by atoms with E-state index in [1.54, 1.807) is 11.3 Å². The molecule has 102 valence electrons. The number of halogens is 1. The Bertz CT molecular complexity index is 403. The highest BCUT2D eigenvalue weighted by molar-refractivity contribution is 9.11. The highest BCUT2D eigenvalue weighted by atomic mass is 79.9. The van der Waals surface area contributed by atoms with Gasteiger partial charge in [0, 0.05) is 18.0 Å². The smallest absolute Gasteiger partial charge is 0.312 e. The first-order valence-corrected chi connectivity index (χ1v) is 7.47. The molecule has 18 heavy (non-hydrogen) atoms. The number of ether oxygens (including phenoxy) is 1. The first-order chi connectivity index (χ1) is 8.35. The van der Waals surface area contributed by atoms with E-state index in [0.29, 0.717) is 6.54 Å². The summed E-state index contributed by atoms with van der Waals surface area (Å²) in [6.45, 7) is 5.47. The topological polar surface area (TPSA) is 29.5 Å². The van der Waals surface area contributed by atoms with Crippen molar-refractivity contribution in [3.05, 3.63) is 20.8 Å². The van der Waals surface area contributed by atoms with E-state index in [1.165, 1.54) is 12.0 Å². The molecular weight excluding hydrogens is 314 g/mol. The van der Waals surface area contributed by atoms with E-state index in [9.17, 15) is 4.79 Å². The van der Waals surface area contributed by atoms with Crippen molar-refractivity contribution in [2.45, 2.75) is 20.3 Å². The summed E-state index contributed by atoms with van der Waals surface area (Å²) in [6, 6.07) is 4.20. The highest BCUT2D eigenvalue weighted by Crippen LogP contribution is 2.23. The van der Waals surface area contributed by atoms with Gasteiger partial charge in [0.05, 0.1) is 16.3 Å². The molecule has 1 rings (SSSR count). The van der Waals surface area contributed by atoms with E-state index in [1.807, 2.05) is 20.9 Å². The molecule has 0 unspecified atom stereocenters. The second-order valence-corrected chi connectivity index (χ2v) is 7.62. The molecule has 0 amide bonds. The van der Waals surface area contributed by atoms with Crippen LogP contribution in [0.25, 0.3) is 0 Å². The fourth-order valence-corrected chi connectivity index (χ4v) is 3.35. The number of hydrogen-bond acceptors (Lipinski definition) is 4. The third kappa shape index (κ3) is 4.71. The van der Waals surface area contributed by atoms with Gasteiger partial charge in [0.2, 0.25) is 0 Å². The molecule has 0 saturated heterocycles. The van der Waals surface area contributed by atoms with Crippen LogP contribution in [-0.4, -0.2) is 38.1 Å². The van der Waals surface area contributed by atoms with Gasteiger partial charge in [-0.05, 0) is 55.4 Å². The molecule has 1 aromatic rings. The molecule has 0 fully saturated rings. The average molecular weight is 334 g/mol. The number of nitrogens with zero attached hydrogens (tertiary/aromatic N) is 1. The molecule has 0 radical (unpaired) electrons. The lowest BCUT2D eigenvalue weighted by atomic mass is 9.93. The van der Waals surface area contributed by atoms with Crippen LogP contribution in [0, 0.1) is 5.41 Å². The van der Waals surface area contributed by atoms with Gasteiger partial charge in [-0.2, -0.15) is 0 Å². The SMILES string of the molecule is COC(=O)C(C)(C)CN(C)CCc1ccc(Br)s1. The van der Waals surface area contributed by atoms with Crippen molar-refractivity contribution in [1.29, 1.82) is 0 Å². The first-order valence-electron chi connectivity index (χ1n) is 5.86. The quantitative estimate of drug-likeness (QED) is 0.749. The maximum absolute atomic E-state index is 11.6. The van der Waals surface area contributed by atoms with Gasteiger partial charge < -0.3 is 9.64 Å². The summed E-state index contributed by atoms with van der Waals surface area (Å²) in [7, 11) is 3.47. The molecule has 0 aromatic carbocycles. The van der Waals surface area contributed by atoms with Crippen LogP contribution < -0.4 is 0 Å². The van der Waals surface area contributed by atoms with E-state index < -0.39 is 5.41 Å². The minimum atomic E-state index is -0.459. The Morgan fingerprint density at radius 1 is 1.50 bits per heavy atom. The summed E-state index contributed by atoms with van der Waals surface area (Å²) in [5.74, 6) is -0.159. The summed E-state index contributed by atoms with van der Waals surface area (Å²) in [5.41, 5.74) is -0.459. The van der Waals surface area contributed by atoms with Gasteiger partial charge in [0.15, 0.2) is 0 Å². The molecule has 0 aliphatic carbocycles. The van der Waals surface area contributed by atoms with Gasteiger partial charge in [-0.1, -0.05) is 0 Å². The van der Waals surface area contributed by atoms with Gasteiger partial charge in [0.25, 0.3) is 0 Å². The van der Waals surface area contributed by atoms with Crippen LogP contribution in [0.4, 0.5) is 0 Å². The lowest BCUT2D eigenvalue weighted by Gasteiger charge is -2.27. The third-order valence-electron chi connectivity index (χ3n) is 2.77. The predicted molar refractivity (Wildman–Crippen MR) is 79.0 cm³/mol. The molecule has 1 aromatic heterocycles. The second-order valence-electron chi connectivity index (χ2n) is 5.07. The predicted octanol–water partition coefficient (Wildman–Crippen LogP) is 3.18. The number of rotatable bonds is 6. The van der Waals surface area contributed by atoms with Crippen LogP contribution in [0.1, 0.15) is 18.7 Å². The van der Waals surface area contributed by atoms with E-state index >= 15 is 0 Å². The third-order valence-corrected chi connectivity index (χ3v) is 4.46. The van der Waals surface area contributed by atoms with Crippen molar-refractivity contribution in [3.8, 4) is 0 Å². The van der Waals surface area contributed by atoms with E-state index in [0.717, 1.165) is 16.8 Å². The van der Waals surface area contributed by atoms with Crippen molar-refractivity contribution in [3.63, 3.8) is 0 Å². The highest BCUT2D eigenvalue weighted by Gasteiger charge is 2.29. The lowest BCUT2D eigenvalue weighted by Crippen LogP contribution is -2.38. The Balaban J connectivity index is 2.42. The number of carbonyl (C=O) groups excluding carboxylic acids is 1. The monoisotopic (exact) mass is 333 g/mol. The average Bonchev–Trinajstić information content (AvgIpc) is 2.70. The van der Waals surface area contributed by atoms with Gasteiger partial charge in [0.1, 0.15) is 0 Å². The summed E-state index contributed by atoms with van der Waals surface area (Å²) < 4.78 is 5.97. The van der Waals surface area contributed by atoms with Crippen LogP contribution in [0.3, 0.4) is 0 Å². The van der Waals surface area contributed by atoms with Crippen molar-refractivity contribution in [1.82, 2.24) is 4.90 Å². The molecule has 0 aliphatic rings. The molecule has 0 atom stereocenters. The van der Waals surface area contributed by atoms with Crippen LogP contribution in [-0.2, 0) is 16.0 Å². The summed E-state index contributed by atoms with van der Waals surface area (Å²) >= 11 is 5.22. The maximum Gasteiger partial charge on any atom is 0.312 e. The van der Waals surface area contributed by atoms with Crippen LogP contribution >= 0.6 is 27.3 Å². The first kappa shape index (κ1) is 15.7. The van der Waals surface area contributed by atoms with Crippen molar-refractivity contribution >= 4 is 33.2 Å². The standard InChI is InChI=1S/C13H20BrNO2S/c1-13(2,12(16)17-4)9-15(3)8-7-10-5-6-11(14)18-10/h5-6H,7-9H2,1-4H3. The number of esters is 1. The van der Waals surface area contributed by atoms with Gasteiger partial charge in [-0.3, -0.25) is 4.79 Å². The van der Waals surface area contributed by atoms with E-state index in [4.69, 9.17) is 4.74 Å². The molecule has 0 spiro atoms. The zero-order chi connectivity index (χ0) is 13.8. The van der Waals surface area contributed by atoms with Gasteiger partial charge in [-0.15, -0.1) is 11.3 Å². The molecule has 0 saturated carbocycles. The van der Waals surface area contributed by atoms with Crippen LogP contribution in [0.15, 0.2) is 15.9 Å². The summed E-state index contributed by atoms with van der Waals surface area (Å²) in [5, 5.41) is 0. The zero-order valence-corrected chi connectivity index (χ0v) is 13.7. The van der Waals surface area contributed by atoms with Crippen molar-refractivity contribution in [2.24, 2.45) is 5.41 Å². The van der Waals surface area contributed by atoms with E-state index in [2.05, 4.69) is 33.0 Å². The Hall–Kier alpha value is -0.390. The lowest BCUT2D eigenvalue weighted by molar-refractivity contribution is -0.151. The fraction of sp³-hybridized carbons (Fsp3) is 0.615. The van der Waals surface area contributed by atoms with Crippen LogP contribution in [0.2, 0.25) is 0 Å². The molecule has 0 bridgehead atoms. The Morgan fingerprint density at radius 3 is 2.67 bits per heavy atom. The van der Waals surface area contributed by atoms with Gasteiger partial charge >= 0.3 is 5.97 Å². The minimum Gasteiger partial charge on any atom is -0.469 e. The molecule has 5 heteroatoms. The number of methoxy groups -OCH3 is 1. The molecule has 1 heterocycles. The van der Waals surface area contributed by atoms with Crippen molar-refractivity contribution < 1.29 is 9.53 Å². The minimum absolute atomic E-state index is 0.159. The molecule has 3 nitrogen and oxygen atoms in total. The van der Waals surface area contributed by atoms with Crippen molar-refractivity contribution in [2.75, 3.05) is 27.2 Å².